The van der Waals surface area contributed by atoms with E-state index in [0.29, 0.717) is 6.54 Å². The molecule has 1 aromatic heterocycles. The van der Waals surface area contributed by atoms with Crippen LogP contribution in [0.15, 0.2) is 35.2 Å². The molecule has 19 heavy (non-hydrogen) atoms. The van der Waals surface area contributed by atoms with Crippen molar-refractivity contribution in [1.82, 2.24) is 10.5 Å². The molecular weight excluding hydrogens is 271 g/mol. The second kappa shape index (κ2) is 6.33. The number of benzene rings is 1. The highest BCUT2D eigenvalue weighted by atomic mass is 35.5. The number of aryl methyl sites for hydroxylation is 1. The molecule has 0 radical (unpaired) electrons. The van der Waals surface area contributed by atoms with E-state index in [1.54, 1.807) is 12.5 Å². The van der Waals surface area contributed by atoms with Crippen LogP contribution < -0.4 is 5.32 Å². The lowest BCUT2D eigenvalue weighted by atomic mass is 10.2. The number of rotatable bonds is 5. The van der Waals surface area contributed by atoms with Crippen LogP contribution in [0.4, 0.5) is 4.39 Å². The molecule has 0 unspecified atom stereocenters. The number of carbonyl (C=O) groups is 1. The molecule has 0 fully saturated rings. The Hall–Kier alpha value is -1.88. The third-order valence-corrected chi connectivity index (χ3v) is 2.90. The van der Waals surface area contributed by atoms with Crippen molar-refractivity contribution >= 4 is 17.5 Å². The second-order valence-electron chi connectivity index (χ2n) is 4.02. The van der Waals surface area contributed by atoms with E-state index in [9.17, 15) is 9.18 Å². The minimum absolute atomic E-state index is 0.108. The zero-order valence-corrected chi connectivity index (χ0v) is 10.8. The maximum atomic E-state index is 12.8. The molecule has 0 spiro atoms. The summed E-state index contributed by atoms with van der Waals surface area (Å²) in [6.07, 6.45) is 4.73. The van der Waals surface area contributed by atoms with Gasteiger partial charge in [-0.15, -0.1) is 0 Å². The average Bonchev–Trinajstić information content (AvgIpc) is 2.87. The lowest BCUT2D eigenvalue weighted by Gasteiger charge is -2.06. The summed E-state index contributed by atoms with van der Waals surface area (Å²) in [6, 6.07) is 3.69. The van der Waals surface area contributed by atoms with E-state index in [2.05, 4.69) is 10.5 Å². The zero-order valence-electron chi connectivity index (χ0n) is 10.0. The fraction of sp³-hybridized carbons (Fsp3) is 0.231. The highest BCUT2D eigenvalue weighted by Crippen LogP contribution is 2.16. The molecule has 0 saturated carbocycles. The molecule has 0 atom stereocenters. The molecule has 2 rings (SSSR count). The molecular formula is C13H12ClFN2O2. The van der Waals surface area contributed by atoms with Crippen molar-refractivity contribution < 1.29 is 13.7 Å². The summed E-state index contributed by atoms with van der Waals surface area (Å²) in [5, 5.41) is 6.42. The molecule has 0 aliphatic carbocycles. The van der Waals surface area contributed by atoms with E-state index < -0.39 is 5.82 Å². The molecule has 0 bridgehead atoms. The van der Waals surface area contributed by atoms with Crippen LogP contribution in [0.1, 0.15) is 22.3 Å². The van der Waals surface area contributed by atoms with Gasteiger partial charge in [0.15, 0.2) is 0 Å². The molecule has 6 heteroatoms. The van der Waals surface area contributed by atoms with Crippen molar-refractivity contribution in [2.24, 2.45) is 0 Å². The van der Waals surface area contributed by atoms with E-state index in [4.69, 9.17) is 16.1 Å². The first-order chi connectivity index (χ1) is 9.16. The first-order valence-corrected chi connectivity index (χ1v) is 6.16. The molecule has 0 saturated heterocycles. The molecule has 0 aliphatic rings. The van der Waals surface area contributed by atoms with Gasteiger partial charge in [-0.05, 0) is 31.0 Å². The van der Waals surface area contributed by atoms with Gasteiger partial charge in [0.05, 0.1) is 16.8 Å². The summed E-state index contributed by atoms with van der Waals surface area (Å²) in [7, 11) is 0. The third kappa shape index (κ3) is 3.79. The van der Waals surface area contributed by atoms with E-state index in [1.165, 1.54) is 12.1 Å². The Bertz CT molecular complexity index is 558. The molecule has 1 heterocycles. The maximum Gasteiger partial charge on any atom is 0.252 e. The molecule has 2 aromatic rings. The summed E-state index contributed by atoms with van der Waals surface area (Å²) < 4.78 is 17.5. The van der Waals surface area contributed by atoms with Crippen molar-refractivity contribution in [2.45, 2.75) is 12.8 Å². The van der Waals surface area contributed by atoms with Crippen molar-refractivity contribution in [2.75, 3.05) is 6.54 Å². The van der Waals surface area contributed by atoms with Crippen LogP contribution in [0.25, 0.3) is 0 Å². The van der Waals surface area contributed by atoms with Crippen molar-refractivity contribution in [3.05, 3.63) is 52.6 Å². The van der Waals surface area contributed by atoms with E-state index in [0.717, 1.165) is 24.5 Å². The summed E-state index contributed by atoms with van der Waals surface area (Å²) in [6.45, 7) is 0.498. The van der Waals surface area contributed by atoms with Gasteiger partial charge in [0.1, 0.15) is 12.1 Å². The van der Waals surface area contributed by atoms with Gasteiger partial charge < -0.3 is 9.84 Å². The molecule has 100 valence electrons. The zero-order chi connectivity index (χ0) is 13.7. The van der Waals surface area contributed by atoms with Gasteiger partial charge >= 0.3 is 0 Å². The second-order valence-corrected chi connectivity index (χ2v) is 4.42. The van der Waals surface area contributed by atoms with Crippen LogP contribution in [0.2, 0.25) is 5.02 Å². The van der Waals surface area contributed by atoms with E-state index in [-0.39, 0.29) is 16.5 Å². The van der Waals surface area contributed by atoms with E-state index >= 15 is 0 Å². The Morgan fingerprint density at radius 3 is 3.00 bits per heavy atom. The number of carbonyl (C=O) groups excluding carboxylic acids is 1. The average molecular weight is 283 g/mol. The SMILES string of the molecule is O=C(NCCCc1cnoc1)c1ccc(F)cc1Cl. The fourth-order valence-corrected chi connectivity index (χ4v) is 1.87. The topological polar surface area (TPSA) is 55.1 Å². The van der Waals surface area contributed by atoms with Gasteiger partial charge in [0.25, 0.3) is 5.91 Å². The predicted octanol–water partition coefficient (Wildman–Crippen LogP) is 2.83. The monoisotopic (exact) mass is 282 g/mol. The lowest BCUT2D eigenvalue weighted by Crippen LogP contribution is -2.25. The summed E-state index contributed by atoms with van der Waals surface area (Å²) in [5.41, 5.74) is 1.25. The maximum absolute atomic E-state index is 12.8. The van der Waals surface area contributed by atoms with Crippen LogP contribution in [0.5, 0.6) is 0 Å². The van der Waals surface area contributed by atoms with Gasteiger partial charge in [-0.1, -0.05) is 16.8 Å². The summed E-state index contributed by atoms with van der Waals surface area (Å²) >= 11 is 5.80. The third-order valence-electron chi connectivity index (χ3n) is 2.59. The molecule has 1 aromatic carbocycles. The lowest BCUT2D eigenvalue weighted by molar-refractivity contribution is 0.0953. The first-order valence-electron chi connectivity index (χ1n) is 5.78. The standard InChI is InChI=1S/C13H12ClFN2O2/c14-12-6-10(15)3-4-11(12)13(18)16-5-1-2-9-7-17-19-8-9/h3-4,6-8H,1-2,5H2,(H,16,18). The predicted molar refractivity (Wildman–Crippen MR) is 68.6 cm³/mol. The van der Waals surface area contributed by atoms with Crippen molar-refractivity contribution in [1.29, 1.82) is 0 Å². The van der Waals surface area contributed by atoms with Gasteiger partial charge in [0.2, 0.25) is 0 Å². The number of nitrogens with one attached hydrogen (secondary N) is 1. The number of amides is 1. The fourth-order valence-electron chi connectivity index (χ4n) is 1.61. The largest absolute Gasteiger partial charge is 0.364 e. The van der Waals surface area contributed by atoms with Gasteiger partial charge in [0, 0.05) is 12.1 Å². The van der Waals surface area contributed by atoms with Crippen molar-refractivity contribution in [3.63, 3.8) is 0 Å². The molecule has 0 aliphatic heterocycles. The number of aromatic nitrogens is 1. The molecule has 1 amide bonds. The Labute approximate surface area is 114 Å². The van der Waals surface area contributed by atoms with Crippen LogP contribution in [-0.2, 0) is 6.42 Å². The van der Waals surface area contributed by atoms with Gasteiger partial charge in [-0.25, -0.2) is 4.39 Å². The minimum Gasteiger partial charge on any atom is -0.364 e. The number of halogens is 2. The van der Waals surface area contributed by atoms with Gasteiger partial charge in [-0.2, -0.15) is 0 Å². The Kier molecular flexibility index (Phi) is 4.52. The summed E-state index contributed by atoms with van der Waals surface area (Å²) in [4.78, 5) is 11.8. The van der Waals surface area contributed by atoms with Crippen LogP contribution in [-0.4, -0.2) is 17.6 Å². The van der Waals surface area contributed by atoms with Crippen LogP contribution in [0, 0.1) is 5.82 Å². The Balaban J connectivity index is 1.81. The molecule has 1 N–H and O–H groups in total. The van der Waals surface area contributed by atoms with Crippen LogP contribution >= 0.6 is 11.6 Å². The quantitative estimate of drug-likeness (QED) is 0.858. The van der Waals surface area contributed by atoms with Crippen LogP contribution in [0.3, 0.4) is 0 Å². The highest BCUT2D eigenvalue weighted by Gasteiger charge is 2.10. The number of hydrogen-bond acceptors (Lipinski definition) is 3. The number of nitrogens with zero attached hydrogens (tertiary/aromatic N) is 1. The van der Waals surface area contributed by atoms with E-state index in [1.807, 2.05) is 0 Å². The van der Waals surface area contributed by atoms with Crippen molar-refractivity contribution in [3.8, 4) is 0 Å². The normalized spacial score (nSPS) is 10.4. The summed E-state index contributed by atoms with van der Waals surface area (Å²) in [5.74, 6) is -0.774. The first kappa shape index (κ1) is 13.5. The molecule has 4 nitrogen and oxygen atoms in total. The minimum atomic E-state index is -0.464. The smallest absolute Gasteiger partial charge is 0.252 e. The highest BCUT2D eigenvalue weighted by molar-refractivity contribution is 6.33. The number of hydrogen-bond donors (Lipinski definition) is 1. The van der Waals surface area contributed by atoms with Gasteiger partial charge in [-0.3, -0.25) is 4.79 Å². The Morgan fingerprint density at radius 2 is 2.32 bits per heavy atom. The Morgan fingerprint density at radius 1 is 1.47 bits per heavy atom.